The SMILES string of the molecule is O=C(Cl)c1ccc(CN2CCC([N+](=O)[O-])C2)cc1. The summed E-state index contributed by atoms with van der Waals surface area (Å²) >= 11 is 5.36. The first kappa shape index (κ1) is 13.0. The number of nitro groups is 1. The van der Waals surface area contributed by atoms with Crippen LogP contribution in [0.2, 0.25) is 0 Å². The van der Waals surface area contributed by atoms with E-state index in [1.165, 1.54) is 0 Å². The second-order valence-corrected chi connectivity index (χ2v) is 4.78. The number of likely N-dealkylation sites (tertiary alicyclic amines) is 1. The molecule has 0 spiro atoms. The molecule has 2 rings (SSSR count). The third-order valence-corrected chi connectivity index (χ3v) is 3.35. The van der Waals surface area contributed by atoms with Crippen molar-refractivity contribution in [2.45, 2.75) is 19.0 Å². The fraction of sp³-hybridized carbons (Fsp3) is 0.417. The van der Waals surface area contributed by atoms with Gasteiger partial charge >= 0.3 is 0 Å². The molecule has 1 saturated heterocycles. The maximum atomic E-state index is 10.9. The van der Waals surface area contributed by atoms with E-state index in [9.17, 15) is 14.9 Å². The summed E-state index contributed by atoms with van der Waals surface area (Å²) in [6.45, 7) is 1.89. The van der Waals surface area contributed by atoms with Crippen LogP contribution in [0.25, 0.3) is 0 Å². The molecule has 1 aromatic rings. The molecule has 18 heavy (non-hydrogen) atoms. The van der Waals surface area contributed by atoms with Crippen LogP contribution in [0.1, 0.15) is 22.3 Å². The van der Waals surface area contributed by atoms with Crippen LogP contribution in [-0.4, -0.2) is 34.2 Å². The molecule has 0 radical (unpaired) electrons. The van der Waals surface area contributed by atoms with Gasteiger partial charge < -0.3 is 0 Å². The van der Waals surface area contributed by atoms with Crippen molar-refractivity contribution in [3.05, 3.63) is 45.5 Å². The first-order chi connectivity index (χ1) is 8.56. The van der Waals surface area contributed by atoms with Gasteiger partial charge in [0.2, 0.25) is 6.04 Å². The summed E-state index contributed by atoms with van der Waals surface area (Å²) in [5, 5.41) is 10.2. The summed E-state index contributed by atoms with van der Waals surface area (Å²) in [6, 6.07) is 6.55. The highest BCUT2D eigenvalue weighted by molar-refractivity contribution is 6.67. The standard InChI is InChI=1S/C12H13ClN2O3/c13-12(16)10-3-1-9(2-4-10)7-14-6-5-11(8-14)15(17)18/h1-4,11H,5-8H2. The second-order valence-electron chi connectivity index (χ2n) is 4.43. The Hall–Kier alpha value is -1.46. The van der Waals surface area contributed by atoms with Gasteiger partial charge in [-0.1, -0.05) is 12.1 Å². The number of rotatable bonds is 4. The van der Waals surface area contributed by atoms with Crippen molar-refractivity contribution < 1.29 is 9.72 Å². The lowest BCUT2D eigenvalue weighted by Gasteiger charge is -2.14. The minimum Gasteiger partial charge on any atom is -0.292 e. The van der Waals surface area contributed by atoms with E-state index in [-0.39, 0.29) is 4.92 Å². The van der Waals surface area contributed by atoms with E-state index in [4.69, 9.17) is 11.6 Å². The third-order valence-electron chi connectivity index (χ3n) is 3.13. The van der Waals surface area contributed by atoms with Gasteiger partial charge in [0.15, 0.2) is 0 Å². The van der Waals surface area contributed by atoms with Gasteiger partial charge in [0.25, 0.3) is 5.24 Å². The molecule has 0 N–H and O–H groups in total. The van der Waals surface area contributed by atoms with Crippen LogP contribution in [0.4, 0.5) is 0 Å². The fourth-order valence-electron chi connectivity index (χ4n) is 2.13. The molecule has 0 aliphatic carbocycles. The van der Waals surface area contributed by atoms with Gasteiger partial charge in [0.1, 0.15) is 0 Å². The number of carbonyl (C=O) groups is 1. The maximum absolute atomic E-state index is 10.9. The van der Waals surface area contributed by atoms with Crippen LogP contribution in [0.5, 0.6) is 0 Å². The van der Waals surface area contributed by atoms with Crippen molar-refractivity contribution in [3.63, 3.8) is 0 Å². The Balaban J connectivity index is 1.94. The zero-order chi connectivity index (χ0) is 13.1. The van der Waals surface area contributed by atoms with Gasteiger partial charge in [0.05, 0.1) is 6.54 Å². The monoisotopic (exact) mass is 268 g/mol. The van der Waals surface area contributed by atoms with Crippen molar-refractivity contribution >= 4 is 16.8 Å². The number of benzene rings is 1. The molecular weight excluding hydrogens is 256 g/mol. The van der Waals surface area contributed by atoms with Crippen LogP contribution in [0, 0.1) is 10.1 Å². The lowest BCUT2D eigenvalue weighted by Crippen LogP contribution is -2.25. The zero-order valence-electron chi connectivity index (χ0n) is 9.71. The van der Waals surface area contributed by atoms with Crippen LogP contribution < -0.4 is 0 Å². The molecule has 0 aromatic heterocycles. The highest BCUT2D eigenvalue weighted by Crippen LogP contribution is 2.16. The van der Waals surface area contributed by atoms with Crippen LogP contribution in [0.15, 0.2) is 24.3 Å². The molecule has 1 fully saturated rings. The summed E-state index contributed by atoms with van der Waals surface area (Å²) in [6.07, 6.45) is 0.602. The molecule has 0 saturated carbocycles. The predicted octanol–water partition coefficient (Wildman–Crippen LogP) is 1.92. The van der Waals surface area contributed by atoms with Gasteiger partial charge in [-0.05, 0) is 29.3 Å². The minimum atomic E-state index is -0.476. The Labute approximate surface area is 109 Å². The smallest absolute Gasteiger partial charge is 0.252 e. The first-order valence-electron chi connectivity index (χ1n) is 5.71. The molecule has 0 bridgehead atoms. The number of carbonyl (C=O) groups excluding carboxylic acids is 1. The normalized spacial score (nSPS) is 19.9. The molecule has 5 nitrogen and oxygen atoms in total. The Kier molecular flexibility index (Phi) is 3.93. The molecule has 1 aliphatic rings. The summed E-state index contributed by atoms with van der Waals surface area (Å²) in [5.41, 5.74) is 1.49. The average molecular weight is 269 g/mol. The average Bonchev–Trinajstić information content (AvgIpc) is 2.78. The molecule has 1 aromatic carbocycles. The van der Waals surface area contributed by atoms with E-state index >= 15 is 0 Å². The van der Waals surface area contributed by atoms with Crippen LogP contribution in [-0.2, 0) is 6.54 Å². The van der Waals surface area contributed by atoms with Crippen LogP contribution in [0.3, 0.4) is 0 Å². The van der Waals surface area contributed by atoms with E-state index in [1.54, 1.807) is 12.1 Å². The molecule has 1 heterocycles. The molecule has 1 unspecified atom stereocenters. The Morgan fingerprint density at radius 1 is 1.44 bits per heavy atom. The van der Waals surface area contributed by atoms with Crippen molar-refractivity contribution in [3.8, 4) is 0 Å². The van der Waals surface area contributed by atoms with Gasteiger partial charge in [-0.25, -0.2) is 0 Å². The lowest BCUT2D eigenvalue weighted by atomic mass is 10.1. The molecule has 96 valence electrons. The van der Waals surface area contributed by atoms with Crippen LogP contribution >= 0.6 is 11.6 Å². The van der Waals surface area contributed by atoms with Crippen molar-refractivity contribution in [2.75, 3.05) is 13.1 Å². The first-order valence-corrected chi connectivity index (χ1v) is 6.08. The van der Waals surface area contributed by atoms with Crippen molar-refractivity contribution in [1.82, 2.24) is 4.90 Å². The van der Waals surface area contributed by atoms with E-state index in [2.05, 4.69) is 0 Å². The lowest BCUT2D eigenvalue weighted by molar-refractivity contribution is -0.518. The van der Waals surface area contributed by atoms with Gasteiger partial charge in [-0.15, -0.1) is 0 Å². The molecule has 0 amide bonds. The number of halogens is 1. The Morgan fingerprint density at radius 2 is 2.11 bits per heavy atom. The molecule has 6 heteroatoms. The number of hydrogen-bond acceptors (Lipinski definition) is 4. The number of nitrogens with zero attached hydrogens (tertiary/aromatic N) is 2. The Bertz CT molecular complexity index is 461. The predicted molar refractivity (Wildman–Crippen MR) is 67.3 cm³/mol. The summed E-state index contributed by atoms with van der Waals surface area (Å²) in [4.78, 5) is 23.4. The van der Waals surface area contributed by atoms with Gasteiger partial charge in [-0.3, -0.25) is 19.8 Å². The summed E-state index contributed by atoms with van der Waals surface area (Å²) in [7, 11) is 0. The third kappa shape index (κ3) is 3.05. The zero-order valence-corrected chi connectivity index (χ0v) is 10.5. The quantitative estimate of drug-likeness (QED) is 0.475. The summed E-state index contributed by atoms with van der Waals surface area (Å²) in [5.74, 6) is 0. The van der Waals surface area contributed by atoms with Crippen molar-refractivity contribution in [2.24, 2.45) is 0 Å². The maximum Gasteiger partial charge on any atom is 0.252 e. The molecule has 1 aliphatic heterocycles. The molecule has 1 atom stereocenters. The molecular formula is C12H13ClN2O3. The van der Waals surface area contributed by atoms with Crippen molar-refractivity contribution in [1.29, 1.82) is 0 Å². The van der Waals surface area contributed by atoms with E-state index in [0.29, 0.717) is 25.1 Å². The van der Waals surface area contributed by atoms with E-state index in [1.807, 2.05) is 17.0 Å². The largest absolute Gasteiger partial charge is 0.292 e. The second kappa shape index (κ2) is 5.46. The van der Waals surface area contributed by atoms with E-state index < -0.39 is 11.3 Å². The topological polar surface area (TPSA) is 63.5 Å². The summed E-state index contributed by atoms with van der Waals surface area (Å²) < 4.78 is 0. The Morgan fingerprint density at radius 3 is 2.61 bits per heavy atom. The van der Waals surface area contributed by atoms with Gasteiger partial charge in [0, 0.05) is 30.0 Å². The van der Waals surface area contributed by atoms with Gasteiger partial charge in [-0.2, -0.15) is 0 Å². The number of hydrogen-bond donors (Lipinski definition) is 0. The highest BCUT2D eigenvalue weighted by Gasteiger charge is 2.30. The minimum absolute atomic E-state index is 0.213. The fourth-order valence-corrected chi connectivity index (χ4v) is 2.25. The highest BCUT2D eigenvalue weighted by atomic mass is 35.5. The van der Waals surface area contributed by atoms with E-state index in [0.717, 1.165) is 12.1 Å².